The molecular weight excluding hydrogens is 377 g/mol. The van der Waals surface area contributed by atoms with Crippen LogP contribution >= 0.6 is 0 Å². The smallest absolute Gasteiger partial charge is 0.252 e. The molecule has 0 N–H and O–H groups in total. The van der Waals surface area contributed by atoms with Crippen molar-refractivity contribution in [2.75, 3.05) is 0 Å². The fourth-order valence-corrected chi connectivity index (χ4v) is 6.14. The Morgan fingerprint density at radius 2 is 1.58 bits per heavy atom. The van der Waals surface area contributed by atoms with Crippen molar-refractivity contribution in [2.45, 2.75) is 13.8 Å². The van der Waals surface area contributed by atoms with E-state index in [0.29, 0.717) is 0 Å². The lowest BCUT2D eigenvalue weighted by Gasteiger charge is -2.33. The molecule has 0 unspecified atom stereocenters. The van der Waals surface area contributed by atoms with Gasteiger partial charge in [0.2, 0.25) is 0 Å². The van der Waals surface area contributed by atoms with E-state index in [1.807, 2.05) is 6.33 Å². The van der Waals surface area contributed by atoms with Crippen molar-refractivity contribution in [1.29, 1.82) is 0 Å². The van der Waals surface area contributed by atoms with Crippen LogP contribution in [0.4, 0.5) is 0 Å². The summed E-state index contributed by atoms with van der Waals surface area (Å²) in [7, 11) is 0. The number of benzene rings is 4. The lowest BCUT2D eigenvalue weighted by Crippen LogP contribution is -2.59. The topological polar surface area (TPSA) is 22.8 Å². The van der Waals surface area contributed by atoms with Gasteiger partial charge < -0.3 is 4.57 Å². The molecule has 4 heterocycles. The molecule has 0 radical (unpaired) electrons. The molecule has 2 aliphatic heterocycles. The van der Waals surface area contributed by atoms with Crippen LogP contribution in [0.3, 0.4) is 0 Å². The Labute approximate surface area is 179 Å². The van der Waals surface area contributed by atoms with Crippen LogP contribution in [0.15, 0.2) is 73.1 Å². The number of aryl methyl sites for hydroxylation is 2. The minimum atomic E-state index is 0.222. The quantitative estimate of drug-likeness (QED) is 0.358. The first-order valence-corrected chi connectivity index (χ1v) is 10.9. The van der Waals surface area contributed by atoms with Crippen LogP contribution in [0, 0.1) is 13.8 Å². The molecule has 0 amide bonds. The van der Waals surface area contributed by atoms with Gasteiger partial charge in [0.15, 0.2) is 0 Å². The second-order valence-electron chi connectivity index (χ2n) is 9.08. The summed E-state index contributed by atoms with van der Waals surface area (Å²) in [4.78, 5) is 4.73. The molecule has 0 saturated carbocycles. The number of rotatable bonds is 0. The summed E-state index contributed by atoms with van der Waals surface area (Å²) in [6, 6.07) is 24.9. The Morgan fingerprint density at radius 3 is 2.52 bits per heavy atom. The molecule has 2 aromatic heterocycles. The van der Waals surface area contributed by atoms with Gasteiger partial charge in [-0.3, -0.25) is 4.57 Å². The number of nitrogens with zero attached hydrogens (tertiary/aromatic N) is 3. The SMILES string of the molecule is Cc1ccc2c(c1)c1cc(C)cc3c1n2-c1cccc2c1B3c1cccc3ncn-2c13. The molecule has 0 bridgehead atoms. The zero-order valence-corrected chi connectivity index (χ0v) is 17.3. The molecule has 144 valence electrons. The number of aromatic nitrogens is 3. The van der Waals surface area contributed by atoms with Crippen LogP contribution in [0.2, 0.25) is 0 Å². The van der Waals surface area contributed by atoms with Crippen molar-refractivity contribution in [3.8, 4) is 11.4 Å². The number of fused-ring (bicyclic) bond motifs is 7. The lowest BCUT2D eigenvalue weighted by molar-refractivity contribution is 1.08. The van der Waals surface area contributed by atoms with Crippen LogP contribution in [0.1, 0.15) is 11.1 Å². The molecule has 2 aliphatic rings. The van der Waals surface area contributed by atoms with Gasteiger partial charge in [-0.15, -0.1) is 0 Å². The molecule has 0 saturated heterocycles. The lowest BCUT2D eigenvalue weighted by atomic mass is 9.34. The van der Waals surface area contributed by atoms with E-state index in [-0.39, 0.29) is 6.71 Å². The maximum Gasteiger partial charge on any atom is 0.252 e. The van der Waals surface area contributed by atoms with Gasteiger partial charge >= 0.3 is 0 Å². The first-order chi connectivity index (χ1) is 15.2. The zero-order valence-electron chi connectivity index (χ0n) is 17.3. The van der Waals surface area contributed by atoms with Gasteiger partial charge in [-0.05, 0) is 66.6 Å². The molecule has 31 heavy (non-hydrogen) atoms. The summed E-state index contributed by atoms with van der Waals surface area (Å²) in [5, 5.41) is 2.70. The van der Waals surface area contributed by atoms with Gasteiger partial charge in [-0.25, -0.2) is 4.98 Å². The van der Waals surface area contributed by atoms with Crippen molar-refractivity contribution < 1.29 is 0 Å². The summed E-state index contributed by atoms with van der Waals surface area (Å²) < 4.78 is 4.78. The minimum absolute atomic E-state index is 0.222. The van der Waals surface area contributed by atoms with Gasteiger partial charge in [-0.1, -0.05) is 41.5 Å². The summed E-state index contributed by atoms with van der Waals surface area (Å²) in [5.74, 6) is 0. The first-order valence-electron chi connectivity index (χ1n) is 10.9. The predicted octanol–water partition coefficient (Wildman–Crippen LogP) is 3.88. The van der Waals surface area contributed by atoms with Crippen LogP contribution in [-0.4, -0.2) is 20.8 Å². The predicted molar refractivity (Wildman–Crippen MR) is 130 cm³/mol. The molecule has 0 fully saturated rings. The van der Waals surface area contributed by atoms with Crippen LogP contribution in [0.25, 0.3) is 44.2 Å². The maximum atomic E-state index is 4.73. The Morgan fingerprint density at radius 1 is 0.742 bits per heavy atom. The van der Waals surface area contributed by atoms with E-state index in [9.17, 15) is 0 Å². The molecule has 0 aliphatic carbocycles. The van der Waals surface area contributed by atoms with E-state index in [4.69, 9.17) is 4.98 Å². The fraction of sp³-hybridized carbons (Fsp3) is 0.0741. The Kier molecular flexibility index (Phi) is 2.62. The van der Waals surface area contributed by atoms with Gasteiger partial charge in [0.05, 0.1) is 16.6 Å². The van der Waals surface area contributed by atoms with Crippen molar-refractivity contribution in [3.63, 3.8) is 0 Å². The minimum Gasteiger partial charge on any atom is -0.310 e. The molecule has 6 aromatic rings. The summed E-state index contributed by atoms with van der Waals surface area (Å²) in [5.41, 5.74) is 14.3. The highest BCUT2D eigenvalue weighted by Gasteiger charge is 2.39. The summed E-state index contributed by atoms with van der Waals surface area (Å²) in [6.07, 6.45) is 1.98. The Hall–Kier alpha value is -3.79. The molecule has 3 nitrogen and oxygen atoms in total. The van der Waals surface area contributed by atoms with E-state index in [1.54, 1.807) is 0 Å². The van der Waals surface area contributed by atoms with E-state index < -0.39 is 0 Å². The van der Waals surface area contributed by atoms with Crippen molar-refractivity contribution in [1.82, 2.24) is 14.1 Å². The zero-order chi connectivity index (χ0) is 20.4. The Balaban J connectivity index is 1.68. The fourth-order valence-electron chi connectivity index (χ4n) is 6.14. The number of para-hydroxylation sites is 1. The monoisotopic (exact) mass is 395 g/mol. The normalized spacial score (nSPS) is 13.4. The third kappa shape index (κ3) is 1.73. The molecule has 0 atom stereocenters. The average Bonchev–Trinajstić information content (AvgIpc) is 3.34. The van der Waals surface area contributed by atoms with Crippen molar-refractivity contribution >= 4 is 55.9 Å². The van der Waals surface area contributed by atoms with Gasteiger partial charge in [0.1, 0.15) is 6.33 Å². The van der Waals surface area contributed by atoms with Crippen molar-refractivity contribution in [2.24, 2.45) is 0 Å². The average molecular weight is 395 g/mol. The van der Waals surface area contributed by atoms with Crippen molar-refractivity contribution in [3.05, 3.63) is 84.2 Å². The van der Waals surface area contributed by atoms with Gasteiger partial charge in [-0.2, -0.15) is 0 Å². The maximum absolute atomic E-state index is 4.73. The third-order valence-electron chi connectivity index (χ3n) is 7.26. The highest BCUT2D eigenvalue weighted by molar-refractivity contribution is 7.00. The molecule has 4 heteroatoms. The summed E-state index contributed by atoms with van der Waals surface area (Å²) in [6.45, 7) is 4.63. The first kappa shape index (κ1) is 16.0. The number of imidazole rings is 1. The molecule has 4 aromatic carbocycles. The molecule has 0 spiro atoms. The standard InChI is InChI=1S/C27H18BN3/c1-15-9-10-22-17(11-15)18-12-16(2)13-20-26(18)31(22)24-8-4-7-23-25(24)28(20)19-5-3-6-21-27(19)30(23)14-29-21/h3-14H,1-2H3. The Bertz CT molecular complexity index is 1770. The third-order valence-corrected chi connectivity index (χ3v) is 7.26. The second-order valence-corrected chi connectivity index (χ2v) is 9.08. The second kappa shape index (κ2) is 5.09. The number of hydrogen-bond donors (Lipinski definition) is 0. The largest absolute Gasteiger partial charge is 0.310 e. The summed E-state index contributed by atoms with van der Waals surface area (Å²) >= 11 is 0. The highest BCUT2D eigenvalue weighted by Crippen LogP contribution is 2.36. The van der Waals surface area contributed by atoms with E-state index >= 15 is 0 Å². The van der Waals surface area contributed by atoms with E-state index in [2.05, 4.69) is 89.7 Å². The molecular formula is C27H18BN3. The highest BCUT2D eigenvalue weighted by atomic mass is 15.1. The van der Waals surface area contributed by atoms with E-state index in [1.165, 1.54) is 66.2 Å². The van der Waals surface area contributed by atoms with Crippen LogP contribution < -0.4 is 16.4 Å². The van der Waals surface area contributed by atoms with Gasteiger partial charge in [0.25, 0.3) is 6.71 Å². The van der Waals surface area contributed by atoms with Crippen LogP contribution in [0.5, 0.6) is 0 Å². The van der Waals surface area contributed by atoms with Gasteiger partial charge in [0, 0.05) is 27.7 Å². The molecule has 8 rings (SSSR count). The number of hydrogen-bond acceptors (Lipinski definition) is 1. The van der Waals surface area contributed by atoms with E-state index in [0.717, 1.165) is 5.52 Å². The van der Waals surface area contributed by atoms with Crippen LogP contribution in [-0.2, 0) is 0 Å².